The minimum atomic E-state index is -0.206. The summed E-state index contributed by atoms with van der Waals surface area (Å²) in [5.41, 5.74) is 10.8. The molecule has 0 aromatic carbocycles. The number of pyridine rings is 1. The minimum absolute atomic E-state index is 0.206. The maximum atomic E-state index is 6.00. The van der Waals surface area contributed by atoms with E-state index in [0.29, 0.717) is 6.04 Å². The number of aryl methyl sites for hydroxylation is 2. The summed E-state index contributed by atoms with van der Waals surface area (Å²) in [6.07, 6.45) is 6.43. The molecule has 3 aliphatic rings. The van der Waals surface area contributed by atoms with Crippen molar-refractivity contribution in [1.29, 1.82) is 0 Å². The van der Waals surface area contributed by atoms with Gasteiger partial charge in [-0.1, -0.05) is 5.16 Å². The van der Waals surface area contributed by atoms with E-state index in [1.54, 1.807) is 0 Å². The van der Waals surface area contributed by atoms with Crippen LogP contribution in [0.15, 0.2) is 11.4 Å². The summed E-state index contributed by atoms with van der Waals surface area (Å²) in [6.45, 7) is 6.51. The average Bonchev–Trinajstić information content (AvgIpc) is 3.25. The number of hydrogen-bond acceptors (Lipinski definition) is 7. The Bertz CT molecular complexity index is 924. The van der Waals surface area contributed by atoms with Gasteiger partial charge in [0.1, 0.15) is 5.60 Å². The Balaban J connectivity index is 1.56. The maximum absolute atomic E-state index is 6.00. The highest BCUT2D eigenvalue weighted by atomic mass is 16.7. The number of hydrogen-bond donors (Lipinski definition) is 2. The molecule has 1 saturated carbocycles. The van der Waals surface area contributed by atoms with Crippen LogP contribution in [0.3, 0.4) is 0 Å². The van der Waals surface area contributed by atoms with Crippen LogP contribution in [0.25, 0.3) is 11.0 Å². The molecule has 28 heavy (non-hydrogen) atoms. The number of rotatable bonds is 4. The van der Waals surface area contributed by atoms with Gasteiger partial charge in [-0.15, -0.1) is 0 Å². The van der Waals surface area contributed by atoms with Gasteiger partial charge in [0.15, 0.2) is 5.65 Å². The monoisotopic (exact) mass is 384 g/mol. The van der Waals surface area contributed by atoms with Crippen LogP contribution in [0.4, 0.5) is 5.69 Å². The molecule has 0 radical (unpaired) electrons. The molecule has 1 aliphatic carbocycles. The van der Waals surface area contributed by atoms with Crippen LogP contribution < -0.4 is 11.1 Å². The van der Waals surface area contributed by atoms with Crippen molar-refractivity contribution < 1.29 is 9.57 Å². The van der Waals surface area contributed by atoms with Crippen molar-refractivity contribution in [2.24, 2.45) is 10.9 Å². The van der Waals surface area contributed by atoms with Crippen molar-refractivity contribution >= 4 is 22.4 Å². The second kappa shape index (κ2) is 6.70. The fourth-order valence-corrected chi connectivity index (χ4v) is 4.73. The fourth-order valence-electron chi connectivity index (χ4n) is 4.73. The van der Waals surface area contributed by atoms with E-state index in [-0.39, 0.29) is 11.6 Å². The van der Waals surface area contributed by atoms with Gasteiger partial charge in [-0.25, -0.2) is 9.67 Å². The summed E-state index contributed by atoms with van der Waals surface area (Å²) in [7, 11) is 0. The Morgan fingerprint density at radius 2 is 2.11 bits per heavy atom. The van der Waals surface area contributed by atoms with Gasteiger partial charge in [0.2, 0.25) is 0 Å². The van der Waals surface area contributed by atoms with Gasteiger partial charge in [-0.05, 0) is 26.7 Å². The standard InChI is InChI=1S/C20H28N6O2/c1-3-26-19-17(12(2)24-26)18(23-14-4-6-27-7-5-14)15(11-22-19)16-10-20(28-25-16)8-13(21)9-20/h11,13-14H,3-10,21H2,1-2H3,(H,22,23). The van der Waals surface area contributed by atoms with Crippen molar-refractivity contribution in [3.05, 3.63) is 17.5 Å². The average molecular weight is 384 g/mol. The molecule has 0 unspecified atom stereocenters. The van der Waals surface area contributed by atoms with Crippen molar-refractivity contribution in [3.63, 3.8) is 0 Å². The molecule has 1 saturated heterocycles. The highest BCUT2D eigenvalue weighted by molar-refractivity contribution is 6.11. The van der Waals surface area contributed by atoms with E-state index in [9.17, 15) is 0 Å². The normalized spacial score (nSPS) is 27.7. The third-order valence-corrected chi connectivity index (χ3v) is 6.22. The van der Waals surface area contributed by atoms with Gasteiger partial charge in [0.25, 0.3) is 0 Å². The van der Waals surface area contributed by atoms with E-state index < -0.39 is 0 Å². The van der Waals surface area contributed by atoms with Gasteiger partial charge in [-0.3, -0.25) is 0 Å². The SMILES string of the molecule is CCn1nc(C)c2c(NC3CCOCC3)c(C3=NOC4(C3)CC(N)C4)cnc21. The molecule has 8 heteroatoms. The number of oxime groups is 1. The van der Waals surface area contributed by atoms with Crippen LogP contribution in [0.1, 0.15) is 50.3 Å². The molecular formula is C20H28N6O2. The zero-order valence-corrected chi connectivity index (χ0v) is 16.6. The third-order valence-electron chi connectivity index (χ3n) is 6.22. The predicted octanol–water partition coefficient (Wildman–Crippen LogP) is 2.33. The highest BCUT2D eigenvalue weighted by Crippen LogP contribution is 2.44. The lowest BCUT2D eigenvalue weighted by molar-refractivity contribution is -0.0856. The molecule has 0 amide bonds. The van der Waals surface area contributed by atoms with E-state index in [0.717, 1.165) is 85.6 Å². The second-order valence-corrected chi connectivity index (χ2v) is 8.34. The van der Waals surface area contributed by atoms with E-state index in [1.165, 1.54) is 0 Å². The quantitative estimate of drug-likeness (QED) is 0.839. The first kappa shape index (κ1) is 17.9. The van der Waals surface area contributed by atoms with Crippen molar-refractivity contribution in [1.82, 2.24) is 14.8 Å². The van der Waals surface area contributed by atoms with Crippen LogP contribution in [-0.2, 0) is 16.1 Å². The summed E-state index contributed by atoms with van der Waals surface area (Å²) in [5, 5.41) is 14.0. The van der Waals surface area contributed by atoms with Gasteiger partial charge in [-0.2, -0.15) is 5.10 Å². The lowest BCUT2D eigenvalue weighted by Crippen LogP contribution is -2.51. The Kier molecular flexibility index (Phi) is 4.28. The smallest absolute Gasteiger partial charge is 0.160 e. The first-order chi connectivity index (χ1) is 13.6. The van der Waals surface area contributed by atoms with E-state index in [1.807, 2.05) is 10.9 Å². The summed E-state index contributed by atoms with van der Waals surface area (Å²) in [6, 6.07) is 0.594. The van der Waals surface area contributed by atoms with Crippen molar-refractivity contribution in [2.45, 2.75) is 70.2 Å². The highest BCUT2D eigenvalue weighted by Gasteiger charge is 2.49. The molecule has 2 aromatic rings. The topological polar surface area (TPSA) is 99.6 Å². The number of aromatic nitrogens is 3. The first-order valence-electron chi connectivity index (χ1n) is 10.3. The van der Waals surface area contributed by atoms with E-state index in [2.05, 4.69) is 24.3 Å². The van der Waals surface area contributed by atoms with Crippen LogP contribution in [0.2, 0.25) is 0 Å². The van der Waals surface area contributed by atoms with Gasteiger partial charge in [0.05, 0.1) is 22.5 Å². The maximum Gasteiger partial charge on any atom is 0.160 e. The molecule has 150 valence electrons. The Morgan fingerprint density at radius 3 is 2.82 bits per heavy atom. The first-order valence-corrected chi connectivity index (χ1v) is 10.3. The number of nitrogens with two attached hydrogens (primary N) is 1. The minimum Gasteiger partial charge on any atom is -0.388 e. The van der Waals surface area contributed by atoms with Crippen molar-refractivity contribution in [3.8, 4) is 0 Å². The summed E-state index contributed by atoms with van der Waals surface area (Å²) < 4.78 is 7.50. The number of fused-ring (bicyclic) bond motifs is 1. The largest absolute Gasteiger partial charge is 0.388 e. The van der Waals surface area contributed by atoms with Crippen LogP contribution in [0, 0.1) is 6.92 Å². The van der Waals surface area contributed by atoms with E-state index in [4.69, 9.17) is 25.4 Å². The molecule has 2 fully saturated rings. The fraction of sp³-hybridized carbons (Fsp3) is 0.650. The molecule has 0 bridgehead atoms. The molecule has 4 heterocycles. The Hall–Kier alpha value is -2.19. The molecule has 3 N–H and O–H groups in total. The number of nitrogens with zero attached hydrogens (tertiary/aromatic N) is 4. The van der Waals surface area contributed by atoms with Crippen molar-refractivity contribution in [2.75, 3.05) is 18.5 Å². The lowest BCUT2D eigenvalue weighted by atomic mass is 9.73. The summed E-state index contributed by atoms with van der Waals surface area (Å²) >= 11 is 0. The number of ether oxygens (including phenoxy) is 1. The van der Waals surface area contributed by atoms with E-state index >= 15 is 0 Å². The van der Waals surface area contributed by atoms with Gasteiger partial charge >= 0.3 is 0 Å². The zero-order valence-electron chi connectivity index (χ0n) is 16.6. The molecule has 1 spiro atoms. The zero-order chi connectivity index (χ0) is 19.3. The Labute approximate surface area is 164 Å². The lowest BCUT2D eigenvalue weighted by Gasteiger charge is -2.40. The van der Waals surface area contributed by atoms with Crippen LogP contribution in [-0.4, -0.2) is 51.4 Å². The summed E-state index contributed by atoms with van der Waals surface area (Å²) in [5.74, 6) is 0. The number of nitrogens with one attached hydrogen (secondary N) is 1. The van der Waals surface area contributed by atoms with Crippen LogP contribution in [0.5, 0.6) is 0 Å². The molecule has 8 nitrogen and oxygen atoms in total. The molecule has 5 rings (SSSR count). The molecule has 2 aliphatic heterocycles. The Morgan fingerprint density at radius 1 is 1.32 bits per heavy atom. The van der Waals surface area contributed by atoms with Gasteiger partial charge in [0, 0.05) is 62.9 Å². The predicted molar refractivity (Wildman–Crippen MR) is 108 cm³/mol. The second-order valence-electron chi connectivity index (χ2n) is 8.34. The van der Waals surface area contributed by atoms with Crippen LogP contribution >= 0.6 is 0 Å². The third kappa shape index (κ3) is 2.86. The number of anilines is 1. The summed E-state index contributed by atoms with van der Waals surface area (Å²) in [4.78, 5) is 10.6. The molecule has 0 atom stereocenters. The van der Waals surface area contributed by atoms with Gasteiger partial charge < -0.3 is 20.6 Å². The molecular weight excluding hydrogens is 356 g/mol. The molecule has 2 aromatic heterocycles.